The van der Waals surface area contributed by atoms with Crippen molar-refractivity contribution in [2.24, 2.45) is 5.41 Å². The van der Waals surface area contributed by atoms with Crippen molar-refractivity contribution in [3.05, 3.63) is 45.3 Å². The number of nitrogens with zero attached hydrogens (tertiary/aromatic N) is 3. The van der Waals surface area contributed by atoms with Crippen molar-refractivity contribution in [2.45, 2.75) is 52.5 Å². The van der Waals surface area contributed by atoms with Crippen LogP contribution in [0, 0.1) is 9.12 Å². The molecule has 0 saturated carbocycles. The Morgan fingerprint density at radius 3 is 2.39 bits per heavy atom. The van der Waals surface area contributed by atoms with E-state index in [-0.39, 0.29) is 10.2 Å². The molecule has 2 aromatic rings. The summed E-state index contributed by atoms with van der Waals surface area (Å²) < 4.78 is 8.82. The lowest BCUT2D eigenvalue weighted by Gasteiger charge is -2.36. The standard InChI is InChI=1S/C17H24IN3OS/c1-16(2,3)17(4,5)23-22-12-14-15(18)21(20-19-14)11-13-9-7-6-8-10-13/h6-10H,11-12H2,1-5H3. The van der Waals surface area contributed by atoms with Gasteiger partial charge in [0.05, 0.1) is 6.54 Å². The van der Waals surface area contributed by atoms with Crippen LogP contribution in [0.3, 0.4) is 0 Å². The Morgan fingerprint density at radius 2 is 1.78 bits per heavy atom. The molecule has 0 aliphatic carbocycles. The van der Waals surface area contributed by atoms with E-state index in [0.29, 0.717) is 6.61 Å². The Kier molecular flexibility index (Phi) is 6.13. The van der Waals surface area contributed by atoms with Crippen molar-refractivity contribution in [3.63, 3.8) is 0 Å². The van der Waals surface area contributed by atoms with Crippen LogP contribution < -0.4 is 0 Å². The van der Waals surface area contributed by atoms with Crippen molar-refractivity contribution in [2.75, 3.05) is 0 Å². The lowest BCUT2D eigenvalue weighted by molar-refractivity contribution is 0.283. The second-order valence-corrected chi connectivity index (χ2v) is 9.52. The summed E-state index contributed by atoms with van der Waals surface area (Å²) in [6.07, 6.45) is 0. The fraction of sp³-hybridized carbons (Fsp3) is 0.529. The summed E-state index contributed by atoms with van der Waals surface area (Å²) in [7, 11) is 0. The van der Waals surface area contributed by atoms with Gasteiger partial charge in [0.2, 0.25) is 0 Å². The van der Waals surface area contributed by atoms with E-state index >= 15 is 0 Å². The lowest BCUT2D eigenvalue weighted by atomic mass is 9.83. The zero-order chi connectivity index (χ0) is 17.1. The third kappa shape index (κ3) is 4.93. The van der Waals surface area contributed by atoms with Crippen molar-refractivity contribution >= 4 is 34.6 Å². The number of hydrogen-bond acceptors (Lipinski definition) is 4. The normalized spacial score (nSPS) is 12.6. The van der Waals surface area contributed by atoms with Crippen molar-refractivity contribution in [1.82, 2.24) is 15.0 Å². The topological polar surface area (TPSA) is 39.9 Å². The summed E-state index contributed by atoms with van der Waals surface area (Å²) in [5.74, 6) is 0. The summed E-state index contributed by atoms with van der Waals surface area (Å²) in [4.78, 5) is 0. The molecule has 126 valence electrons. The molecule has 4 nitrogen and oxygen atoms in total. The predicted molar refractivity (Wildman–Crippen MR) is 104 cm³/mol. The average Bonchev–Trinajstić information content (AvgIpc) is 2.80. The second kappa shape index (κ2) is 7.53. The average molecular weight is 445 g/mol. The van der Waals surface area contributed by atoms with Crippen LogP contribution in [0.2, 0.25) is 0 Å². The number of benzene rings is 1. The summed E-state index contributed by atoms with van der Waals surface area (Å²) in [5.41, 5.74) is 2.26. The highest BCUT2D eigenvalue weighted by atomic mass is 127. The number of halogens is 1. The Labute approximate surface area is 156 Å². The zero-order valence-corrected chi connectivity index (χ0v) is 17.3. The van der Waals surface area contributed by atoms with Crippen LogP contribution in [-0.2, 0) is 17.3 Å². The van der Waals surface area contributed by atoms with Gasteiger partial charge in [0.1, 0.15) is 16.0 Å². The maximum absolute atomic E-state index is 5.85. The van der Waals surface area contributed by atoms with E-state index in [0.717, 1.165) is 15.9 Å². The zero-order valence-electron chi connectivity index (χ0n) is 14.3. The van der Waals surface area contributed by atoms with Crippen LogP contribution in [0.5, 0.6) is 0 Å². The van der Waals surface area contributed by atoms with E-state index in [4.69, 9.17) is 4.18 Å². The molecule has 6 heteroatoms. The molecule has 0 N–H and O–H groups in total. The largest absolute Gasteiger partial charge is 0.308 e. The molecule has 0 radical (unpaired) electrons. The fourth-order valence-corrected chi connectivity index (χ4v) is 2.89. The number of aromatic nitrogens is 3. The minimum Gasteiger partial charge on any atom is -0.308 e. The van der Waals surface area contributed by atoms with Crippen LogP contribution in [-0.4, -0.2) is 19.7 Å². The molecule has 0 aliphatic rings. The Bertz CT molecular complexity index is 635. The molecule has 0 fully saturated rings. The first-order chi connectivity index (χ1) is 10.7. The minimum atomic E-state index is 0.0263. The van der Waals surface area contributed by atoms with Gasteiger partial charge in [-0.05, 0) is 59.5 Å². The summed E-state index contributed by atoms with van der Waals surface area (Å²) in [6, 6.07) is 10.3. The van der Waals surface area contributed by atoms with Gasteiger partial charge in [-0.1, -0.05) is 56.3 Å². The molecule has 1 aromatic heterocycles. The highest BCUT2D eigenvalue weighted by Gasteiger charge is 2.34. The Balaban J connectivity index is 1.95. The first-order valence-electron chi connectivity index (χ1n) is 7.63. The first-order valence-corrected chi connectivity index (χ1v) is 9.45. The summed E-state index contributed by atoms with van der Waals surface area (Å²) >= 11 is 3.81. The van der Waals surface area contributed by atoms with Crippen molar-refractivity contribution in [1.29, 1.82) is 0 Å². The van der Waals surface area contributed by atoms with Gasteiger partial charge in [0.15, 0.2) is 0 Å². The third-order valence-electron chi connectivity index (χ3n) is 4.18. The Hall–Kier alpha value is -0.600. The van der Waals surface area contributed by atoms with Crippen LogP contribution in [0.25, 0.3) is 0 Å². The van der Waals surface area contributed by atoms with Gasteiger partial charge in [-0.3, -0.25) is 0 Å². The van der Waals surface area contributed by atoms with E-state index in [1.165, 1.54) is 17.6 Å². The molecule has 0 atom stereocenters. The van der Waals surface area contributed by atoms with Gasteiger partial charge in [-0.15, -0.1) is 5.10 Å². The predicted octanol–water partition coefficient (Wildman–Crippen LogP) is 4.92. The van der Waals surface area contributed by atoms with Crippen LogP contribution >= 0.6 is 34.6 Å². The molecule has 0 saturated heterocycles. The van der Waals surface area contributed by atoms with Crippen molar-refractivity contribution < 1.29 is 4.18 Å². The maximum Gasteiger partial charge on any atom is 0.125 e. The van der Waals surface area contributed by atoms with E-state index in [2.05, 4.69) is 79.7 Å². The molecule has 0 aliphatic heterocycles. The molecule has 0 bridgehead atoms. The Morgan fingerprint density at radius 1 is 1.13 bits per heavy atom. The van der Waals surface area contributed by atoms with E-state index in [1.54, 1.807) is 0 Å². The van der Waals surface area contributed by atoms with Gasteiger partial charge in [0, 0.05) is 4.75 Å². The number of rotatable bonds is 6. The van der Waals surface area contributed by atoms with Crippen molar-refractivity contribution in [3.8, 4) is 0 Å². The van der Waals surface area contributed by atoms with Gasteiger partial charge in [0.25, 0.3) is 0 Å². The highest BCUT2D eigenvalue weighted by Crippen LogP contribution is 2.42. The fourth-order valence-electron chi connectivity index (χ4n) is 1.64. The van der Waals surface area contributed by atoms with Gasteiger partial charge < -0.3 is 4.18 Å². The minimum absolute atomic E-state index is 0.0263. The smallest absolute Gasteiger partial charge is 0.125 e. The SMILES string of the molecule is CC(C)(C)C(C)(C)SOCc1nnn(Cc2ccccc2)c1I. The third-order valence-corrected chi connectivity index (χ3v) is 6.63. The van der Waals surface area contributed by atoms with Gasteiger partial charge >= 0.3 is 0 Å². The molecule has 0 unspecified atom stereocenters. The van der Waals surface area contributed by atoms with E-state index in [1.807, 2.05) is 22.9 Å². The molecule has 1 heterocycles. The summed E-state index contributed by atoms with van der Waals surface area (Å²) in [5, 5.41) is 8.51. The van der Waals surface area contributed by atoms with Gasteiger partial charge in [-0.2, -0.15) is 0 Å². The lowest BCUT2D eigenvalue weighted by Crippen LogP contribution is -2.33. The molecular formula is C17H24IN3OS. The second-order valence-electron chi connectivity index (χ2n) is 7.08. The van der Waals surface area contributed by atoms with E-state index < -0.39 is 0 Å². The molecule has 0 spiro atoms. The first kappa shape index (κ1) is 18.7. The molecule has 23 heavy (non-hydrogen) atoms. The summed E-state index contributed by atoms with van der Waals surface area (Å²) in [6.45, 7) is 12.3. The number of hydrogen-bond donors (Lipinski definition) is 0. The van der Waals surface area contributed by atoms with Crippen LogP contribution in [0.4, 0.5) is 0 Å². The molecule has 2 rings (SSSR count). The molecular weight excluding hydrogens is 421 g/mol. The van der Waals surface area contributed by atoms with Crippen LogP contribution in [0.15, 0.2) is 30.3 Å². The molecule has 1 aromatic carbocycles. The maximum atomic E-state index is 5.85. The molecule has 0 amide bonds. The van der Waals surface area contributed by atoms with Crippen LogP contribution in [0.1, 0.15) is 45.9 Å². The highest BCUT2D eigenvalue weighted by molar-refractivity contribution is 14.1. The van der Waals surface area contributed by atoms with E-state index in [9.17, 15) is 0 Å². The van der Waals surface area contributed by atoms with Gasteiger partial charge in [-0.25, -0.2) is 4.68 Å². The quantitative estimate of drug-likeness (QED) is 0.468. The monoisotopic (exact) mass is 445 g/mol.